The molecule has 98 valence electrons. The monoisotopic (exact) mass is 271 g/mol. The number of ether oxygens (including phenoxy) is 1. The van der Waals surface area contributed by atoms with Gasteiger partial charge in [-0.15, -0.1) is 0 Å². The van der Waals surface area contributed by atoms with Crippen LogP contribution in [-0.4, -0.2) is 44.0 Å². The molecular formula is C11H13NO5S. The second kappa shape index (κ2) is 4.58. The molecule has 6 nitrogen and oxygen atoms in total. The summed E-state index contributed by atoms with van der Waals surface area (Å²) in [6.45, 7) is -0.0142. The number of carbonyl (C=O) groups is 1. The molecule has 0 aromatic heterocycles. The van der Waals surface area contributed by atoms with Gasteiger partial charge in [0.2, 0.25) is 10.0 Å². The second-order valence-corrected chi connectivity index (χ2v) is 6.07. The van der Waals surface area contributed by atoms with E-state index in [0.717, 1.165) is 9.87 Å². The van der Waals surface area contributed by atoms with Gasteiger partial charge >= 0.3 is 5.97 Å². The predicted molar refractivity (Wildman–Crippen MR) is 63.1 cm³/mol. The third kappa shape index (κ3) is 2.32. The molecule has 0 spiro atoms. The number of nitrogens with zero attached hydrogens (tertiary/aromatic N) is 1. The largest absolute Gasteiger partial charge is 0.493 e. The maximum absolute atomic E-state index is 12.1. The van der Waals surface area contributed by atoms with Gasteiger partial charge in [0, 0.05) is 13.5 Å². The first kappa shape index (κ1) is 12.8. The van der Waals surface area contributed by atoms with Gasteiger partial charge in [-0.2, -0.15) is 4.31 Å². The van der Waals surface area contributed by atoms with Crippen molar-refractivity contribution in [1.82, 2.24) is 4.31 Å². The minimum absolute atomic E-state index is 0.0931. The molecule has 1 N–H and O–H groups in total. The zero-order valence-electron chi connectivity index (χ0n) is 9.79. The third-order valence-corrected chi connectivity index (χ3v) is 4.53. The molecule has 0 atom stereocenters. The zero-order valence-corrected chi connectivity index (χ0v) is 10.6. The van der Waals surface area contributed by atoms with Crippen LogP contribution in [0.2, 0.25) is 0 Å². The van der Waals surface area contributed by atoms with Crippen LogP contribution in [-0.2, 0) is 21.2 Å². The number of aliphatic carboxylic acids is 1. The zero-order chi connectivity index (χ0) is 13.3. The molecule has 0 fully saturated rings. The molecule has 18 heavy (non-hydrogen) atoms. The van der Waals surface area contributed by atoms with E-state index >= 15 is 0 Å². The van der Waals surface area contributed by atoms with Crippen molar-refractivity contribution in [3.05, 3.63) is 23.8 Å². The van der Waals surface area contributed by atoms with E-state index in [9.17, 15) is 13.2 Å². The van der Waals surface area contributed by atoms with Crippen molar-refractivity contribution in [3.8, 4) is 5.75 Å². The summed E-state index contributed by atoms with van der Waals surface area (Å²) in [5.41, 5.74) is 0.833. The van der Waals surface area contributed by atoms with Gasteiger partial charge in [0.05, 0.1) is 11.5 Å². The number of fused-ring (bicyclic) bond motifs is 1. The van der Waals surface area contributed by atoms with E-state index in [0.29, 0.717) is 18.8 Å². The molecule has 0 saturated carbocycles. The number of hydrogen-bond acceptors (Lipinski definition) is 4. The Morgan fingerprint density at radius 2 is 2.22 bits per heavy atom. The molecular weight excluding hydrogens is 258 g/mol. The van der Waals surface area contributed by atoms with E-state index < -0.39 is 22.5 Å². The van der Waals surface area contributed by atoms with E-state index in [-0.39, 0.29) is 4.90 Å². The first-order chi connectivity index (χ1) is 8.41. The smallest absolute Gasteiger partial charge is 0.318 e. The number of carboxylic acids is 1. The van der Waals surface area contributed by atoms with Crippen molar-refractivity contribution in [1.29, 1.82) is 0 Å². The van der Waals surface area contributed by atoms with E-state index in [1.165, 1.54) is 19.2 Å². The fourth-order valence-electron chi connectivity index (χ4n) is 1.78. The molecule has 1 aromatic rings. The van der Waals surface area contributed by atoms with Gasteiger partial charge in [0.15, 0.2) is 0 Å². The Labute approximate surface area is 105 Å². The van der Waals surface area contributed by atoms with Crippen LogP contribution in [0.4, 0.5) is 0 Å². The Hall–Kier alpha value is -1.60. The summed E-state index contributed by atoms with van der Waals surface area (Å²) in [6, 6.07) is 4.57. The summed E-state index contributed by atoms with van der Waals surface area (Å²) in [7, 11) is -2.52. The molecule has 1 heterocycles. The van der Waals surface area contributed by atoms with E-state index in [4.69, 9.17) is 9.84 Å². The van der Waals surface area contributed by atoms with E-state index in [2.05, 4.69) is 0 Å². The molecule has 1 aliphatic heterocycles. The van der Waals surface area contributed by atoms with Gasteiger partial charge in [0.25, 0.3) is 0 Å². The highest BCUT2D eigenvalue weighted by molar-refractivity contribution is 7.89. The summed E-state index contributed by atoms with van der Waals surface area (Å²) in [5, 5.41) is 8.62. The lowest BCUT2D eigenvalue weighted by Crippen LogP contribution is -2.32. The van der Waals surface area contributed by atoms with Crippen LogP contribution in [0, 0.1) is 0 Å². The Kier molecular flexibility index (Phi) is 3.27. The van der Waals surface area contributed by atoms with Crippen LogP contribution < -0.4 is 4.74 Å². The molecule has 0 saturated heterocycles. The normalized spacial score (nSPS) is 14.3. The predicted octanol–water partition coefficient (Wildman–Crippen LogP) is 0.327. The van der Waals surface area contributed by atoms with Crippen molar-refractivity contribution in [3.63, 3.8) is 0 Å². The maximum atomic E-state index is 12.1. The Morgan fingerprint density at radius 3 is 2.89 bits per heavy atom. The lowest BCUT2D eigenvalue weighted by atomic mass is 10.2. The highest BCUT2D eigenvalue weighted by Crippen LogP contribution is 2.28. The molecule has 0 unspecified atom stereocenters. The first-order valence-electron chi connectivity index (χ1n) is 5.35. The highest BCUT2D eigenvalue weighted by Gasteiger charge is 2.24. The molecule has 1 aromatic carbocycles. The number of sulfonamides is 1. The van der Waals surface area contributed by atoms with Crippen molar-refractivity contribution in [2.45, 2.75) is 11.3 Å². The van der Waals surface area contributed by atoms with Gasteiger partial charge in [-0.3, -0.25) is 4.79 Å². The highest BCUT2D eigenvalue weighted by atomic mass is 32.2. The van der Waals surface area contributed by atoms with Crippen LogP contribution in [0.3, 0.4) is 0 Å². The molecule has 1 aliphatic rings. The topological polar surface area (TPSA) is 83.9 Å². The van der Waals surface area contributed by atoms with Crippen molar-refractivity contribution in [2.75, 3.05) is 20.2 Å². The molecule has 7 heteroatoms. The molecule has 2 rings (SSSR count). The van der Waals surface area contributed by atoms with E-state index in [1.54, 1.807) is 6.07 Å². The molecule has 0 radical (unpaired) electrons. The summed E-state index contributed by atoms with van der Waals surface area (Å²) < 4.78 is 30.3. The fourth-order valence-corrected chi connectivity index (χ4v) is 2.95. The van der Waals surface area contributed by atoms with E-state index in [1.807, 2.05) is 0 Å². The van der Waals surface area contributed by atoms with Crippen LogP contribution in [0.5, 0.6) is 5.75 Å². The summed E-state index contributed by atoms with van der Waals surface area (Å²) in [6.07, 6.45) is 0.668. The van der Waals surface area contributed by atoms with Gasteiger partial charge in [-0.05, 0) is 23.8 Å². The van der Waals surface area contributed by atoms with Crippen LogP contribution in [0.25, 0.3) is 0 Å². The number of likely N-dealkylation sites (N-methyl/N-ethyl adjacent to an activating group) is 1. The van der Waals surface area contributed by atoms with Gasteiger partial charge in [0.1, 0.15) is 12.3 Å². The lowest BCUT2D eigenvalue weighted by molar-refractivity contribution is -0.137. The molecule has 0 amide bonds. The average Bonchev–Trinajstić information content (AvgIpc) is 2.74. The number of benzene rings is 1. The van der Waals surface area contributed by atoms with Crippen molar-refractivity contribution >= 4 is 16.0 Å². The SMILES string of the molecule is CN(CC(=O)O)S(=O)(=O)c1ccc2c(c1)CCO2. The van der Waals surface area contributed by atoms with Crippen LogP contribution in [0.15, 0.2) is 23.1 Å². The minimum atomic E-state index is -3.76. The standard InChI is InChI=1S/C11H13NO5S/c1-12(7-11(13)14)18(15,16)9-2-3-10-8(6-9)4-5-17-10/h2-3,6H,4-5,7H2,1H3,(H,13,14). The molecule has 0 aliphatic carbocycles. The second-order valence-electron chi connectivity index (χ2n) is 4.02. The fraction of sp³-hybridized carbons (Fsp3) is 0.364. The number of carboxylic acid groups (broad SMARTS) is 1. The van der Waals surface area contributed by atoms with Gasteiger partial charge in [-0.1, -0.05) is 0 Å². The van der Waals surface area contributed by atoms with Crippen molar-refractivity contribution < 1.29 is 23.1 Å². The summed E-state index contributed by atoms with van der Waals surface area (Å²) in [4.78, 5) is 10.6. The van der Waals surface area contributed by atoms with Gasteiger partial charge in [-0.25, -0.2) is 8.42 Å². The van der Waals surface area contributed by atoms with Crippen LogP contribution in [0.1, 0.15) is 5.56 Å². The van der Waals surface area contributed by atoms with Crippen molar-refractivity contribution in [2.24, 2.45) is 0 Å². The number of hydrogen-bond donors (Lipinski definition) is 1. The third-order valence-electron chi connectivity index (χ3n) is 2.73. The summed E-state index contributed by atoms with van der Waals surface area (Å²) >= 11 is 0. The Morgan fingerprint density at radius 1 is 1.50 bits per heavy atom. The lowest BCUT2D eigenvalue weighted by Gasteiger charge is -2.15. The van der Waals surface area contributed by atoms with Gasteiger partial charge < -0.3 is 9.84 Å². The average molecular weight is 271 g/mol. The Balaban J connectivity index is 2.33. The Bertz CT molecular complexity index is 581. The van der Waals surface area contributed by atoms with Crippen LogP contribution >= 0.6 is 0 Å². The quantitative estimate of drug-likeness (QED) is 0.853. The summed E-state index contributed by atoms with van der Waals surface area (Å²) in [5.74, 6) is -0.500. The number of rotatable bonds is 4. The minimum Gasteiger partial charge on any atom is -0.493 e. The molecule has 0 bridgehead atoms. The first-order valence-corrected chi connectivity index (χ1v) is 6.79. The maximum Gasteiger partial charge on any atom is 0.318 e.